The van der Waals surface area contributed by atoms with Crippen LogP contribution in [0.15, 0.2) is 24.3 Å². The lowest BCUT2D eigenvalue weighted by Gasteiger charge is -2.18. The molecule has 1 aromatic rings. The molecule has 0 saturated carbocycles. The number of hydrogen-bond donors (Lipinski definition) is 3. The van der Waals surface area contributed by atoms with Gasteiger partial charge in [0.15, 0.2) is 12.2 Å². The van der Waals surface area contributed by atoms with Gasteiger partial charge in [-0.2, -0.15) is 0 Å². The van der Waals surface area contributed by atoms with E-state index in [9.17, 15) is 19.5 Å². The van der Waals surface area contributed by atoms with E-state index >= 15 is 0 Å². The minimum atomic E-state index is -2.04. The number of carbonyl (C=O) groups is 3. The number of carboxylic acids is 1. The van der Waals surface area contributed by atoms with Crippen molar-refractivity contribution in [1.29, 1.82) is 0 Å². The zero-order chi connectivity index (χ0) is 17.7. The van der Waals surface area contributed by atoms with Crippen LogP contribution >= 0.6 is 0 Å². The number of ether oxygens (including phenoxy) is 1. The van der Waals surface area contributed by atoms with Crippen LogP contribution in [0.3, 0.4) is 0 Å². The van der Waals surface area contributed by atoms with Gasteiger partial charge in [-0.05, 0) is 25.5 Å². The van der Waals surface area contributed by atoms with Crippen LogP contribution in [0.5, 0.6) is 5.75 Å². The van der Waals surface area contributed by atoms with E-state index in [2.05, 4.69) is 5.32 Å². The summed E-state index contributed by atoms with van der Waals surface area (Å²) >= 11 is 0. The molecule has 0 radical (unpaired) electrons. The lowest BCUT2D eigenvalue weighted by atomic mass is 10.1. The van der Waals surface area contributed by atoms with Crippen molar-refractivity contribution in [2.24, 2.45) is 0 Å². The second-order valence-electron chi connectivity index (χ2n) is 5.79. The van der Waals surface area contributed by atoms with Crippen LogP contribution in [0, 0.1) is 0 Å². The molecule has 2 rings (SSSR count). The Morgan fingerprint density at radius 2 is 2.17 bits per heavy atom. The molecular formula is C16H20N2O6. The van der Waals surface area contributed by atoms with Gasteiger partial charge in [0.2, 0.25) is 5.91 Å². The molecule has 0 aliphatic carbocycles. The molecule has 1 aliphatic heterocycles. The lowest BCUT2D eigenvalue weighted by molar-refractivity contribution is -0.156. The molecule has 1 saturated heterocycles. The fraction of sp³-hybridized carbons (Fsp3) is 0.438. The van der Waals surface area contributed by atoms with E-state index in [1.54, 1.807) is 29.2 Å². The first-order valence-corrected chi connectivity index (χ1v) is 7.55. The Kier molecular flexibility index (Phi) is 5.40. The molecule has 1 atom stereocenters. The molecule has 8 nitrogen and oxygen atoms in total. The Morgan fingerprint density at radius 3 is 2.79 bits per heavy atom. The molecule has 1 aliphatic rings. The molecule has 1 heterocycles. The molecule has 1 unspecified atom stereocenters. The number of benzene rings is 1. The third-order valence-electron chi connectivity index (χ3n) is 3.66. The van der Waals surface area contributed by atoms with Crippen LogP contribution in [0.1, 0.15) is 19.8 Å². The Labute approximate surface area is 139 Å². The summed E-state index contributed by atoms with van der Waals surface area (Å²) in [7, 11) is 0. The lowest BCUT2D eigenvalue weighted by Crippen LogP contribution is -2.47. The summed E-state index contributed by atoms with van der Waals surface area (Å²) in [5.74, 6) is -1.50. The van der Waals surface area contributed by atoms with E-state index in [1.807, 2.05) is 0 Å². The fourth-order valence-electron chi connectivity index (χ4n) is 2.21. The number of amides is 2. The topological polar surface area (TPSA) is 116 Å². The standard InChI is InChI=1S/C16H20N2O6/c1-16(23,15(21)22)10-17-13(19)9-24-12-5-2-4-11(8-12)18-7-3-6-14(18)20/h2,4-5,8,23H,3,6-7,9-10H2,1H3,(H,17,19)(H,21,22). The van der Waals surface area contributed by atoms with Crippen molar-refractivity contribution in [3.05, 3.63) is 24.3 Å². The molecule has 0 spiro atoms. The predicted molar refractivity (Wildman–Crippen MR) is 84.8 cm³/mol. The molecule has 1 fully saturated rings. The van der Waals surface area contributed by atoms with Crippen molar-refractivity contribution in [2.75, 3.05) is 24.6 Å². The third-order valence-corrected chi connectivity index (χ3v) is 3.66. The Balaban J connectivity index is 1.87. The Morgan fingerprint density at radius 1 is 1.42 bits per heavy atom. The normalized spacial score (nSPS) is 16.6. The zero-order valence-corrected chi connectivity index (χ0v) is 13.3. The van der Waals surface area contributed by atoms with Gasteiger partial charge in [-0.25, -0.2) is 4.79 Å². The number of carboxylic acid groups (broad SMARTS) is 1. The maximum absolute atomic E-state index is 11.7. The van der Waals surface area contributed by atoms with Gasteiger partial charge in [0.05, 0.1) is 6.54 Å². The van der Waals surface area contributed by atoms with Gasteiger partial charge in [0.25, 0.3) is 5.91 Å². The van der Waals surface area contributed by atoms with Gasteiger partial charge in [0, 0.05) is 24.7 Å². The van der Waals surface area contributed by atoms with Crippen molar-refractivity contribution < 1.29 is 29.3 Å². The van der Waals surface area contributed by atoms with Crippen molar-refractivity contribution in [3.8, 4) is 5.75 Å². The van der Waals surface area contributed by atoms with Gasteiger partial charge in [0.1, 0.15) is 5.75 Å². The zero-order valence-electron chi connectivity index (χ0n) is 13.3. The van der Waals surface area contributed by atoms with Crippen LogP contribution in [-0.2, 0) is 14.4 Å². The number of aliphatic carboxylic acids is 1. The molecule has 1 aromatic carbocycles. The molecular weight excluding hydrogens is 316 g/mol. The monoisotopic (exact) mass is 336 g/mol. The van der Waals surface area contributed by atoms with Gasteiger partial charge >= 0.3 is 5.97 Å². The van der Waals surface area contributed by atoms with E-state index in [-0.39, 0.29) is 12.5 Å². The second kappa shape index (κ2) is 7.31. The van der Waals surface area contributed by atoms with E-state index in [0.717, 1.165) is 13.3 Å². The summed E-state index contributed by atoms with van der Waals surface area (Å²) in [6.07, 6.45) is 1.34. The van der Waals surface area contributed by atoms with E-state index in [0.29, 0.717) is 24.4 Å². The molecule has 3 N–H and O–H groups in total. The van der Waals surface area contributed by atoms with Gasteiger partial charge < -0.3 is 25.2 Å². The Bertz CT molecular complexity index is 643. The number of carbonyl (C=O) groups excluding carboxylic acids is 2. The van der Waals surface area contributed by atoms with Crippen molar-refractivity contribution in [2.45, 2.75) is 25.4 Å². The van der Waals surface area contributed by atoms with E-state index in [1.165, 1.54) is 0 Å². The quantitative estimate of drug-likeness (QED) is 0.652. The maximum atomic E-state index is 11.7. The third kappa shape index (κ3) is 4.45. The molecule has 2 amide bonds. The largest absolute Gasteiger partial charge is 0.484 e. The van der Waals surface area contributed by atoms with Crippen LogP contribution in [0.4, 0.5) is 5.69 Å². The Hall–Kier alpha value is -2.61. The minimum Gasteiger partial charge on any atom is -0.484 e. The summed E-state index contributed by atoms with van der Waals surface area (Å²) in [6.45, 7) is 1.000. The summed E-state index contributed by atoms with van der Waals surface area (Å²) in [5, 5.41) is 20.6. The number of nitrogens with zero attached hydrogens (tertiary/aromatic N) is 1. The SMILES string of the molecule is CC(O)(CNC(=O)COc1cccc(N2CCCC2=O)c1)C(=O)O. The summed E-state index contributed by atoms with van der Waals surface area (Å²) in [5.41, 5.74) is -1.32. The van der Waals surface area contributed by atoms with E-state index in [4.69, 9.17) is 9.84 Å². The van der Waals surface area contributed by atoms with Crippen LogP contribution in [0.25, 0.3) is 0 Å². The second-order valence-corrected chi connectivity index (χ2v) is 5.79. The maximum Gasteiger partial charge on any atom is 0.337 e. The van der Waals surface area contributed by atoms with Crippen molar-refractivity contribution >= 4 is 23.5 Å². The highest BCUT2D eigenvalue weighted by molar-refractivity contribution is 5.95. The molecule has 24 heavy (non-hydrogen) atoms. The van der Waals surface area contributed by atoms with Crippen LogP contribution < -0.4 is 15.0 Å². The molecule has 130 valence electrons. The number of aliphatic hydroxyl groups is 1. The van der Waals surface area contributed by atoms with Crippen LogP contribution in [-0.4, -0.2) is 53.3 Å². The number of rotatable bonds is 7. The highest BCUT2D eigenvalue weighted by Gasteiger charge is 2.30. The predicted octanol–water partition coefficient (Wildman–Crippen LogP) is 0.144. The summed E-state index contributed by atoms with van der Waals surface area (Å²) < 4.78 is 5.35. The van der Waals surface area contributed by atoms with Gasteiger partial charge in [-0.1, -0.05) is 6.07 Å². The summed E-state index contributed by atoms with van der Waals surface area (Å²) in [6, 6.07) is 6.85. The molecule has 0 bridgehead atoms. The first-order chi connectivity index (χ1) is 11.3. The van der Waals surface area contributed by atoms with Crippen molar-refractivity contribution in [1.82, 2.24) is 5.32 Å². The van der Waals surface area contributed by atoms with Crippen molar-refractivity contribution in [3.63, 3.8) is 0 Å². The number of anilines is 1. The van der Waals surface area contributed by atoms with Gasteiger partial charge in [-0.3, -0.25) is 9.59 Å². The molecule has 8 heteroatoms. The fourth-order valence-corrected chi connectivity index (χ4v) is 2.21. The minimum absolute atomic E-state index is 0.0563. The van der Waals surface area contributed by atoms with Gasteiger partial charge in [-0.15, -0.1) is 0 Å². The van der Waals surface area contributed by atoms with E-state index < -0.39 is 24.0 Å². The van der Waals surface area contributed by atoms with Crippen LogP contribution in [0.2, 0.25) is 0 Å². The first-order valence-electron chi connectivity index (χ1n) is 7.55. The highest BCUT2D eigenvalue weighted by atomic mass is 16.5. The molecule has 0 aromatic heterocycles. The summed E-state index contributed by atoms with van der Waals surface area (Å²) in [4.78, 5) is 35.8. The first kappa shape index (κ1) is 17.7. The number of nitrogens with one attached hydrogen (secondary N) is 1. The smallest absolute Gasteiger partial charge is 0.337 e. The average molecular weight is 336 g/mol. The highest BCUT2D eigenvalue weighted by Crippen LogP contribution is 2.25. The number of hydrogen-bond acceptors (Lipinski definition) is 5. The average Bonchev–Trinajstić information content (AvgIpc) is 2.97.